The summed E-state index contributed by atoms with van der Waals surface area (Å²) in [4.78, 5) is 9.44. The van der Waals surface area contributed by atoms with E-state index < -0.39 is 0 Å². The topological polar surface area (TPSA) is 51.0 Å². The maximum Gasteiger partial charge on any atom is 0.197 e. The maximum absolute atomic E-state index is 5.67. The van der Waals surface area contributed by atoms with E-state index in [1.807, 2.05) is 6.07 Å². The van der Waals surface area contributed by atoms with Crippen molar-refractivity contribution >= 4 is 37.7 Å². The molecule has 4 nitrogen and oxygen atoms in total. The zero-order valence-corrected chi connectivity index (χ0v) is 15.1. The van der Waals surface area contributed by atoms with E-state index in [1.54, 1.807) is 0 Å². The first-order valence-corrected chi connectivity index (χ1v) is 8.86. The highest BCUT2D eigenvalue weighted by molar-refractivity contribution is 9.13. The van der Waals surface area contributed by atoms with Gasteiger partial charge in [0.2, 0.25) is 0 Å². The van der Waals surface area contributed by atoms with Crippen molar-refractivity contribution in [2.24, 2.45) is 0 Å². The van der Waals surface area contributed by atoms with Crippen LogP contribution in [-0.2, 0) is 12.8 Å². The molecule has 0 spiro atoms. The molecule has 2 aromatic rings. The van der Waals surface area contributed by atoms with Crippen molar-refractivity contribution in [3.05, 3.63) is 26.5 Å². The highest BCUT2D eigenvalue weighted by Gasteiger charge is 2.19. The third kappa shape index (κ3) is 3.16. The molecule has 2 heterocycles. The lowest BCUT2D eigenvalue weighted by Gasteiger charge is -2.13. The molecule has 0 atom stereocenters. The molecule has 1 aliphatic carbocycles. The van der Waals surface area contributed by atoms with Gasteiger partial charge in [-0.2, -0.15) is 0 Å². The molecule has 2 aromatic heterocycles. The number of aryl methyl sites for hydroxylation is 1. The predicted octanol–water partition coefficient (Wildman–Crippen LogP) is 4.96. The predicted molar refractivity (Wildman–Crippen MR) is 90.6 cm³/mol. The summed E-state index contributed by atoms with van der Waals surface area (Å²) >= 11 is 6.80. The van der Waals surface area contributed by atoms with Crippen LogP contribution in [0.5, 0.6) is 0 Å². The Kier molecular flexibility index (Phi) is 4.64. The summed E-state index contributed by atoms with van der Waals surface area (Å²) in [5, 5.41) is 3.38. The number of aromatic nitrogens is 2. The van der Waals surface area contributed by atoms with E-state index in [1.165, 1.54) is 24.8 Å². The highest BCUT2D eigenvalue weighted by atomic mass is 79.9. The highest BCUT2D eigenvalue weighted by Crippen LogP contribution is 2.33. The molecular weight excluding hydrogens is 398 g/mol. The molecule has 6 heteroatoms. The summed E-state index contributed by atoms with van der Waals surface area (Å²) in [5.41, 5.74) is 2.44. The normalized spacial score (nSPS) is 14.6. The number of nitrogens with zero attached hydrogens (tertiary/aromatic N) is 2. The van der Waals surface area contributed by atoms with Crippen molar-refractivity contribution in [2.75, 3.05) is 11.9 Å². The van der Waals surface area contributed by atoms with Gasteiger partial charge in [0.1, 0.15) is 5.82 Å². The van der Waals surface area contributed by atoms with Gasteiger partial charge in [0.25, 0.3) is 0 Å². The number of halogens is 2. The third-order valence-corrected chi connectivity index (χ3v) is 5.35. The van der Waals surface area contributed by atoms with E-state index in [2.05, 4.69) is 49.1 Å². The zero-order chi connectivity index (χ0) is 14.8. The van der Waals surface area contributed by atoms with Crippen molar-refractivity contribution in [1.29, 1.82) is 0 Å². The van der Waals surface area contributed by atoms with Crippen LogP contribution in [0.3, 0.4) is 0 Å². The van der Waals surface area contributed by atoms with Crippen LogP contribution in [0.4, 0.5) is 5.82 Å². The monoisotopic (exact) mass is 413 g/mol. The molecule has 0 aromatic carbocycles. The van der Waals surface area contributed by atoms with Crippen LogP contribution in [0.2, 0.25) is 0 Å². The fraction of sp³-hybridized carbons (Fsp3) is 0.467. The number of hydrogen-bond acceptors (Lipinski definition) is 4. The molecule has 0 aliphatic heterocycles. The van der Waals surface area contributed by atoms with E-state index in [9.17, 15) is 0 Å². The number of fused-ring (bicyclic) bond motifs is 1. The lowest BCUT2D eigenvalue weighted by Crippen LogP contribution is -2.09. The smallest absolute Gasteiger partial charge is 0.197 e. The Morgan fingerprint density at radius 3 is 2.71 bits per heavy atom. The number of anilines is 1. The quantitative estimate of drug-likeness (QED) is 0.721. The van der Waals surface area contributed by atoms with E-state index in [0.717, 1.165) is 35.4 Å². The third-order valence-electron chi connectivity index (χ3n) is 3.64. The Balaban J connectivity index is 2.09. The van der Waals surface area contributed by atoms with Crippen LogP contribution in [-0.4, -0.2) is 16.5 Å². The number of nitrogens with one attached hydrogen (secondary N) is 1. The molecule has 0 saturated heterocycles. The number of rotatable bonds is 3. The molecule has 0 unspecified atom stereocenters. The van der Waals surface area contributed by atoms with E-state index >= 15 is 0 Å². The summed E-state index contributed by atoms with van der Waals surface area (Å²) < 4.78 is 7.22. The first-order chi connectivity index (χ1) is 10.2. The average molecular weight is 415 g/mol. The minimum absolute atomic E-state index is 0.651. The first kappa shape index (κ1) is 15.0. The Hall–Kier alpha value is -0.880. The van der Waals surface area contributed by atoms with Crippen molar-refractivity contribution in [2.45, 2.75) is 39.0 Å². The fourth-order valence-corrected chi connectivity index (χ4v) is 3.23. The molecule has 0 amide bonds. The maximum atomic E-state index is 5.67. The SMILES string of the molecule is CCNc1nc(-c2cc(Br)c(Br)o2)nc2c1CCCCC2. The molecule has 0 saturated carbocycles. The second-order valence-corrected chi connectivity index (χ2v) is 6.72. The second kappa shape index (κ2) is 6.48. The Morgan fingerprint density at radius 2 is 2.00 bits per heavy atom. The molecule has 0 bridgehead atoms. The average Bonchev–Trinajstić information content (AvgIpc) is 2.68. The molecule has 0 fully saturated rings. The van der Waals surface area contributed by atoms with E-state index in [4.69, 9.17) is 9.40 Å². The van der Waals surface area contributed by atoms with Crippen LogP contribution in [0.15, 0.2) is 19.6 Å². The van der Waals surface area contributed by atoms with Crippen molar-refractivity contribution in [3.63, 3.8) is 0 Å². The zero-order valence-electron chi connectivity index (χ0n) is 11.9. The molecule has 1 aliphatic rings. The van der Waals surface area contributed by atoms with Gasteiger partial charge in [-0.15, -0.1) is 0 Å². The summed E-state index contributed by atoms with van der Waals surface area (Å²) in [5.74, 6) is 2.29. The minimum Gasteiger partial charge on any atom is -0.445 e. The second-order valence-electron chi connectivity index (χ2n) is 5.14. The van der Waals surface area contributed by atoms with Gasteiger partial charge in [-0.05, 0) is 64.5 Å². The van der Waals surface area contributed by atoms with E-state index in [0.29, 0.717) is 16.3 Å². The molecule has 112 valence electrons. The van der Waals surface area contributed by atoms with Gasteiger partial charge in [0.05, 0.1) is 4.47 Å². The number of hydrogen-bond donors (Lipinski definition) is 1. The summed E-state index contributed by atoms with van der Waals surface area (Å²) in [7, 11) is 0. The summed E-state index contributed by atoms with van der Waals surface area (Å²) in [6.45, 7) is 2.94. The summed E-state index contributed by atoms with van der Waals surface area (Å²) in [6.07, 6.45) is 5.75. The lowest BCUT2D eigenvalue weighted by atomic mass is 10.1. The van der Waals surface area contributed by atoms with Gasteiger partial charge < -0.3 is 9.73 Å². The van der Waals surface area contributed by atoms with Crippen LogP contribution < -0.4 is 5.32 Å². The minimum atomic E-state index is 0.651. The fourth-order valence-electron chi connectivity index (χ4n) is 2.65. The standard InChI is InChI=1S/C15H17Br2N3O/c1-2-18-14-9-6-4-3-5-7-11(9)19-15(20-14)12-8-10(16)13(17)21-12/h8H,2-7H2,1H3,(H,18,19,20). The van der Waals surface area contributed by atoms with Crippen molar-refractivity contribution in [1.82, 2.24) is 9.97 Å². The molecular formula is C15H17Br2N3O. The molecule has 21 heavy (non-hydrogen) atoms. The number of furan rings is 1. The van der Waals surface area contributed by atoms with Gasteiger partial charge in [0.15, 0.2) is 16.3 Å². The van der Waals surface area contributed by atoms with Crippen LogP contribution in [0.25, 0.3) is 11.6 Å². The van der Waals surface area contributed by atoms with Gasteiger partial charge in [-0.1, -0.05) is 6.42 Å². The lowest BCUT2D eigenvalue weighted by molar-refractivity contribution is 0.549. The largest absolute Gasteiger partial charge is 0.445 e. The van der Waals surface area contributed by atoms with E-state index in [-0.39, 0.29) is 0 Å². The van der Waals surface area contributed by atoms with Crippen LogP contribution in [0, 0.1) is 0 Å². The summed E-state index contributed by atoms with van der Waals surface area (Å²) in [6, 6.07) is 1.90. The van der Waals surface area contributed by atoms with Gasteiger partial charge in [0, 0.05) is 23.9 Å². The first-order valence-electron chi connectivity index (χ1n) is 7.28. The Labute approximate surface area is 141 Å². The Bertz CT molecular complexity index is 635. The molecule has 1 N–H and O–H groups in total. The Morgan fingerprint density at radius 1 is 1.19 bits per heavy atom. The van der Waals surface area contributed by atoms with Crippen molar-refractivity contribution < 1.29 is 4.42 Å². The van der Waals surface area contributed by atoms with Crippen LogP contribution in [0.1, 0.15) is 37.4 Å². The molecule has 0 radical (unpaired) electrons. The van der Waals surface area contributed by atoms with Crippen molar-refractivity contribution in [3.8, 4) is 11.6 Å². The molecule has 3 rings (SSSR count). The van der Waals surface area contributed by atoms with Gasteiger partial charge >= 0.3 is 0 Å². The van der Waals surface area contributed by atoms with Gasteiger partial charge in [-0.25, -0.2) is 9.97 Å². The van der Waals surface area contributed by atoms with Crippen LogP contribution >= 0.6 is 31.9 Å². The van der Waals surface area contributed by atoms with Gasteiger partial charge in [-0.3, -0.25) is 0 Å².